The number of hydrogen-bond donors (Lipinski definition) is 3. The van der Waals surface area contributed by atoms with Crippen LogP contribution in [-0.2, 0) is 19.1 Å². The number of hydrogen-bond acceptors (Lipinski definition) is 5. The van der Waals surface area contributed by atoms with E-state index in [0.717, 1.165) is 11.1 Å². The van der Waals surface area contributed by atoms with Gasteiger partial charge in [0, 0.05) is 18.2 Å². The number of carbonyl (C=O) groups excluding carboxylic acids is 4. The first-order chi connectivity index (χ1) is 18.2. The molecule has 9 heteroatoms. The minimum Gasteiger partial charge on any atom is -0.444 e. The number of rotatable bonds is 11. The van der Waals surface area contributed by atoms with E-state index in [2.05, 4.69) is 10.6 Å². The van der Waals surface area contributed by atoms with Gasteiger partial charge in [0.05, 0.1) is 0 Å². The summed E-state index contributed by atoms with van der Waals surface area (Å²) in [6.07, 6.45) is -0.433. The van der Waals surface area contributed by atoms with Crippen molar-refractivity contribution in [2.75, 3.05) is 5.32 Å². The van der Waals surface area contributed by atoms with Crippen molar-refractivity contribution < 1.29 is 23.9 Å². The molecule has 0 aliphatic heterocycles. The van der Waals surface area contributed by atoms with Gasteiger partial charge in [0.2, 0.25) is 11.8 Å². The van der Waals surface area contributed by atoms with Gasteiger partial charge in [-0.25, -0.2) is 4.79 Å². The van der Waals surface area contributed by atoms with Crippen molar-refractivity contribution >= 4 is 29.5 Å². The zero-order valence-electron chi connectivity index (χ0n) is 24.0. The molecule has 2 rings (SSSR count). The number of benzene rings is 2. The maximum atomic E-state index is 14.2. The first-order valence-electron chi connectivity index (χ1n) is 13.3. The quantitative estimate of drug-likeness (QED) is 0.379. The number of ether oxygens (including phenoxy) is 1. The summed E-state index contributed by atoms with van der Waals surface area (Å²) < 4.78 is 5.38. The lowest BCUT2D eigenvalue weighted by Crippen LogP contribution is -2.55. The molecular formula is C30H42N4O5. The molecule has 0 radical (unpaired) electrons. The van der Waals surface area contributed by atoms with Gasteiger partial charge in [-0.2, -0.15) is 0 Å². The van der Waals surface area contributed by atoms with Crippen LogP contribution in [0.25, 0.3) is 0 Å². The zero-order valence-corrected chi connectivity index (χ0v) is 24.0. The van der Waals surface area contributed by atoms with Gasteiger partial charge in [-0.05, 0) is 77.1 Å². The highest BCUT2D eigenvalue weighted by atomic mass is 16.6. The average molecular weight is 539 g/mol. The molecule has 9 nitrogen and oxygen atoms in total. The molecule has 2 aromatic rings. The lowest BCUT2D eigenvalue weighted by molar-refractivity contribution is -0.143. The summed E-state index contributed by atoms with van der Waals surface area (Å²) in [5.74, 6) is -1.51. The molecule has 0 saturated carbocycles. The van der Waals surface area contributed by atoms with Crippen LogP contribution >= 0.6 is 0 Å². The highest BCUT2D eigenvalue weighted by Crippen LogP contribution is 2.30. The van der Waals surface area contributed by atoms with Crippen molar-refractivity contribution in [3.05, 3.63) is 65.2 Å². The maximum Gasteiger partial charge on any atom is 0.408 e. The van der Waals surface area contributed by atoms with Crippen molar-refractivity contribution in [3.8, 4) is 0 Å². The van der Waals surface area contributed by atoms with Gasteiger partial charge in [0.1, 0.15) is 17.7 Å². The lowest BCUT2D eigenvalue weighted by Gasteiger charge is -2.38. The van der Waals surface area contributed by atoms with Crippen LogP contribution in [0.15, 0.2) is 48.5 Å². The number of primary amides is 1. The number of anilines is 1. The van der Waals surface area contributed by atoms with Crippen molar-refractivity contribution in [2.24, 2.45) is 5.73 Å². The molecule has 0 heterocycles. The first-order valence-corrected chi connectivity index (χ1v) is 13.3. The van der Waals surface area contributed by atoms with Crippen molar-refractivity contribution in [1.29, 1.82) is 0 Å². The minimum absolute atomic E-state index is 0.0414. The first kappa shape index (κ1) is 31.3. The summed E-state index contributed by atoms with van der Waals surface area (Å²) in [5, 5.41) is 5.61. The number of aryl methyl sites for hydroxylation is 2. The van der Waals surface area contributed by atoms with Crippen LogP contribution in [0.5, 0.6) is 0 Å². The number of amides is 4. The molecule has 0 spiro atoms. The van der Waals surface area contributed by atoms with Crippen molar-refractivity contribution in [1.82, 2.24) is 10.2 Å². The van der Waals surface area contributed by atoms with E-state index in [-0.39, 0.29) is 18.9 Å². The van der Waals surface area contributed by atoms with E-state index in [0.29, 0.717) is 17.7 Å². The van der Waals surface area contributed by atoms with Gasteiger partial charge >= 0.3 is 6.09 Å². The highest BCUT2D eigenvalue weighted by Gasteiger charge is 2.39. The van der Waals surface area contributed by atoms with E-state index in [1.54, 1.807) is 26.8 Å². The average Bonchev–Trinajstić information content (AvgIpc) is 2.85. The number of alkyl carbamates (subject to hydrolysis) is 1. The second kappa shape index (κ2) is 13.8. The predicted molar refractivity (Wildman–Crippen MR) is 152 cm³/mol. The molecule has 0 fully saturated rings. The number of para-hydroxylation sites is 1. The molecule has 0 aliphatic rings. The number of nitrogens with zero attached hydrogens (tertiary/aromatic N) is 1. The molecule has 4 amide bonds. The Morgan fingerprint density at radius 1 is 0.974 bits per heavy atom. The van der Waals surface area contributed by atoms with Gasteiger partial charge in [-0.1, -0.05) is 49.4 Å². The Morgan fingerprint density at radius 3 is 2.10 bits per heavy atom. The molecule has 0 aromatic heterocycles. The molecule has 3 atom stereocenters. The molecule has 212 valence electrons. The van der Waals surface area contributed by atoms with Gasteiger partial charge in [-0.3, -0.25) is 14.4 Å². The van der Waals surface area contributed by atoms with Crippen LogP contribution in [0.3, 0.4) is 0 Å². The molecule has 39 heavy (non-hydrogen) atoms. The van der Waals surface area contributed by atoms with Gasteiger partial charge in [0.25, 0.3) is 5.91 Å². The fraction of sp³-hybridized carbons (Fsp3) is 0.467. The third-order valence-corrected chi connectivity index (χ3v) is 6.40. The van der Waals surface area contributed by atoms with Gasteiger partial charge < -0.3 is 26.0 Å². The number of carbonyl (C=O) groups is 4. The largest absolute Gasteiger partial charge is 0.444 e. The Bertz CT molecular complexity index is 1170. The highest BCUT2D eigenvalue weighted by molar-refractivity contribution is 5.99. The van der Waals surface area contributed by atoms with Crippen LogP contribution in [0.2, 0.25) is 0 Å². The van der Waals surface area contributed by atoms with Crippen LogP contribution in [0, 0.1) is 13.8 Å². The van der Waals surface area contributed by atoms with Crippen molar-refractivity contribution in [3.63, 3.8) is 0 Å². The molecule has 0 saturated heterocycles. The second-order valence-electron chi connectivity index (χ2n) is 10.8. The van der Waals surface area contributed by atoms with Gasteiger partial charge in [-0.15, -0.1) is 0 Å². The summed E-state index contributed by atoms with van der Waals surface area (Å²) in [6, 6.07) is 12.2. The number of nitrogens with one attached hydrogen (secondary N) is 2. The SMILES string of the molecule is CCC(C)N(C(=O)C(CCC(N)=O)NC(=O)OC(C)(C)C)C(C(=O)Nc1ccccc1C)c1ccccc1C. The fourth-order valence-corrected chi connectivity index (χ4v) is 4.19. The summed E-state index contributed by atoms with van der Waals surface area (Å²) in [6.45, 7) is 12.7. The minimum atomic E-state index is -1.14. The van der Waals surface area contributed by atoms with Crippen LogP contribution in [0.1, 0.15) is 76.6 Å². The topological polar surface area (TPSA) is 131 Å². The summed E-state index contributed by atoms with van der Waals surface area (Å²) in [7, 11) is 0. The number of nitrogens with two attached hydrogens (primary N) is 1. The monoisotopic (exact) mass is 538 g/mol. The maximum absolute atomic E-state index is 14.2. The third kappa shape index (κ3) is 9.12. The van der Waals surface area contributed by atoms with E-state index in [1.807, 2.05) is 70.2 Å². The standard InChI is InChI=1S/C30H42N4O5/c1-8-21(4)34(28(37)24(17-18-25(31)35)33-29(38)39-30(5,6)7)26(22-15-11-9-13-19(22)2)27(36)32-23-16-12-10-14-20(23)3/h9-16,21,24,26H,8,17-18H2,1-7H3,(H2,31,35)(H,32,36)(H,33,38). The predicted octanol–water partition coefficient (Wildman–Crippen LogP) is 4.77. The Kier molecular flexibility index (Phi) is 11.1. The lowest BCUT2D eigenvalue weighted by atomic mass is 9.95. The van der Waals surface area contributed by atoms with Crippen LogP contribution in [0.4, 0.5) is 10.5 Å². The molecular weight excluding hydrogens is 496 g/mol. The smallest absolute Gasteiger partial charge is 0.408 e. The Hall–Kier alpha value is -3.88. The van der Waals surface area contributed by atoms with E-state index < -0.39 is 41.5 Å². The fourth-order valence-electron chi connectivity index (χ4n) is 4.19. The second-order valence-corrected chi connectivity index (χ2v) is 10.8. The van der Waals surface area contributed by atoms with Crippen LogP contribution in [-0.4, -0.2) is 46.4 Å². The summed E-state index contributed by atoms with van der Waals surface area (Å²) in [4.78, 5) is 54.0. The molecule has 0 aliphatic carbocycles. The van der Waals surface area contributed by atoms with E-state index in [4.69, 9.17) is 10.5 Å². The summed E-state index contributed by atoms with van der Waals surface area (Å²) in [5.41, 5.74) is 7.58. The van der Waals surface area contributed by atoms with E-state index in [9.17, 15) is 19.2 Å². The normalized spacial score (nSPS) is 13.5. The van der Waals surface area contributed by atoms with Crippen molar-refractivity contribution in [2.45, 2.75) is 91.5 Å². The molecule has 4 N–H and O–H groups in total. The Balaban J connectivity index is 2.59. The van der Waals surface area contributed by atoms with E-state index in [1.165, 1.54) is 4.90 Å². The van der Waals surface area contributed by atoms with E-state index >= 15 is 0 Å². The Labute approximate surface area is 231 Å². The summed E-state index contributed by atoms with van der Waals surface area (Å²) >= 11 is 0. The Morgan fingerprint density at radius 2 is 1.56 bits per heavy atom. The van der Waals surface area contributed by atoms with Gasteiger partial charge in [0.15, 0.2) is 0 Å². The van der Waals surface area contributed by atoms with Crippen LogP contribution < -0.4 is 16.4 Å². The molecule has 2 aromatic carbocycles. The molecule has 0 bridgehead atoms. The molecule has 3 unspecified atom stereocenters. The zero-order chi connectivity index (χ0) is 29.3. The third-order valence-electron chi connectivity index (χ3n) is 6.40.